The van der Waals surface area contributed by atoms with Crippen LogP contribution in [0.4, 0.5) is 10.8 Å². The highest BCUT2D eigenvalue weighted by Gasteiger charge is 2.25. The molecule has 3 aromatic carbocycles. The molecule has 4 aromatic rings. The van der Waals surface area contributed by atoms with Crippen LogP contribution < -0.4 is 9.21 Å². The minimum atomic E-state index is -3.77. The summed E-state index contributed by atoms with van der Waals surface area (Å²) in [6.07, 6.45) is 1.72. The van der Waals surface area contributed by atoms with Crippen molar-refractivity contribution in [3.8, 4) is 0 Å². The van der Waals surface area contributed by atoms with E-state index in [-0.39, 0.29) is 10.8 Å². The Balaban J connectivity index is 1.63. The van der Waals surface area contributed by atoms with Crippen LogP contribution in [0.1, 0.15) is 36.2 Å². The van der Waals surface area contributed by atoms with E-state index < -0.39 is 10.0 Å². The number of amides is 1. The molecule has 0 bridgehead atoms. The molecule has 4 rings (SSSR count). The van der Waals surface area contributed by atoms with Crippen LogP contribution >= 0.6 is 11.3 Å². The van der Waals surface area contributed by atoms with Crippen molar-refractivity contribution in [3.05, 3.63) is 83.9 Å². The van der Waals surface area contributed by atoms with E-state index in [4.69, 9.17) is 4.98 Å². The van der Waals surface area contributed by atoms with E-state index in [2.05, 4.69) is 24.0 Å². The number of rotatable bonds is 11. The number of hydrogen-bond donors (Lipinski definition) is 0. The van der Waals surface area contributed by atoms with E-state index in [1.54, 1.807) is 36.1 Å². The second kappa shape index (κ2) is 12.1. The van der Waals surface area contributed by atoms with E-state index >= 15 is 0 Å². The molecule has 0 saturated heterocycles. The third-order valence-electron chi connectivity index (χ3n) is 6.33. The normalized spacial score (nSPS) is 11.7. The van der Waals surface area contributed by atoms with E-state index in [1.807, 2.05) is 38.4 Å². The molecule has 0 unspecified atom stereocenters. The van der Waals surface area contributed by atoms with Gasteiger partial charge in [0.2, 0.25) is 0 Å². The summed E-state index contributed by atoms with van der Waals surface area (Å²) in [5, 5.41) is 0.648. The van der Waals surface area contributed by atoms with Gasteiger partial charge in [0.1, 0.15) is 0 Å². The molecule has 1 aromatic heterocycles. The van der Waals surface area contributed by atoms with E-state index in [0.717, 1.165) is 29.6 Å². The third-order valence-corrected chi connectivity index (χ3v) is 9.29. The molecule has 0 fully saturated rings. The first kappa shape index (κ1) is 27.8. The summed E-state index contributed by atoms with van der Waals surface area (Å²) < 4.78 is 29.2. The summed E-state index contributed by atoms with van der Waals surface area (Å²) in [6.45, 7) is 5.55. The van der Waals surface area contributed by atoms with Crippen molar-refractivity contribution in [2.45, 2.75) is 31.6 Å². The smallest absolute Gasteiger partial charge is 0.264 e. The van der Waals surface area contributed by atoms with Crippen molar-refractivity contribution in [2.24, 2.45) is 0 Å². The Hall–Kier alpha value is -3.27. The van der Waals surface area contributed by atoms with Gasteiger partial charge in [0, 0.05) is 18.7 Å². The van der Waals surface area contributed by atoms with Crippen LogP contribution in [0.2, 0.25) is 0 Å². The number of fused-ring (bicyclic) bond motifs is 1. The molecular weight excluding hydrogens is 516 g/mol. The number of carbonyl (C=O) groups excluding carboxylic acids is 1. The number of benzene rings is 3. The van der Waals surface area contributed by atoms with Crippen molar-refractivity contribution in [1.82, 2.24) is 9.88 Å². The van der Waals surface area contributed by atoms with E-state index in [9.17, 15) is 13.2 Å². The molecule has 0 aliphatic carbocycles. The number of para-hydroxylation sites is 1. The number of hydrogen-bond acceptors (Lipinski definition) is 6. The first-order valence-corrected chi connectivity index (χ1v) is 15.0. The lowest BCUT2D eigenvalue weighted by Gasteiger charge is -2.23. The van der Waals surface area contributed by atoms with Crippen LogP contribution in [0.5, 0.6) is 0 Å². The summed E-state index contributed by atoms with van der Waals surface area (Å²) in [5.41, 5.74) is 3.12. The third kappa shape index (κ3) is 6.06. The Morgan fingerprint density at radius 2 is 1.63 bits per heavy atom. The number of aryl methyl sites for hydroxylation is 1. The molecule has 0 aliphatic heterocycles. The SMILES string of the molecule is CCc1ccc2nc(N(CCCN(C)C)C(=O)c3ccc(S(=O)(=O)N(CC)c4ccccc4)cc3)sc2c1. The Labute approximate surface area is 229 Å². The molecular formula is C29H34N4O3S2. The second-order valence-corrected chi connectivity index (χ2v) is 12.2. The minimum absolute atomic E-state index is 0.144. The molecule has 38 heavy (non-hydrogen) atoms. The van der Waals surface area contributed by atoms with Crippen LogP contribution in [0.25, 0.3) is 10.2 Å². The lowest BCUT2D eigenvalue weighted by molar-refractivity contribution is 0.0986. The van der Waals surface area contributed by atoms with Gasteiger partial charge >= 0.3 is 0 Å². The average Bonchev–Trinajstić information content (AvgIpc) is 3.34. The first-order valence-electron chi connectivity index (χ1n) is 12.8. The van der Waals surface area contributed by atoms with Crippen LogP contribution in [0, 0.1) is 0 Å². The van der Waals surface area contributed by atoms with Gasteiger partial charge in [-0.15, -0.1) is 0 Å². The van der Waals surface area contributed by atoms with Gasteiger partial charge in [-0.05, 0) is 94.5 Å². The number of nitrogens with zero attached hydrogens (tertiary/aromatic N) is 4. The number of aromatic nitrogens is 1. The highest BCUT2D eigenvalue weighted by Crippen LogP contribution is 2.31. The number of carbonyl (C=O) groups is 1. The van der Waals surface area contributed by atoms with Gasteiger partial charge in [-0.2, -0.15) is 0 Å². The summed E-state index contributed by atoms with van der Waals surface area (Å²) in [7, 11) is 0.234. The second-order valence-electron chi connectivity index (χ2n) is 9.30. The molecule has 0 aliphatic rings. The molecule has 0 atom stereocenters. The zero-order valence-electron chi connectivity index (χ0n) is 22.3. The predicted molar refractivity (Wildman–Crippen MR) is 157 cm³/mol. The minimum Gasteiger partial charge on any atom is -0.309 e. The maximum Gasteiger partial charge on any atom is 0.264 e. The van der Waals surface area contributed by atoms with E-state index in [1.165, 1.54) is 33.3 Å². The zero-order valence-corrected chi connectivity index (χ0v) is 23.9. The number of anilines is 2. The Bertz CT molecular complexity index is 1480. The van der Waals surface area contributed by atoms with Crippen LogP contribution in [0.3, 0.4) is 0 Å². The highest BCUT2D eigenvalue weighted by atomic mass is 32.2. The van der Waals surface area contributed by atoms with Gasteiger partial charge in [-0.25, -0.2) is 13.4 Å². The van der Waals surface area contributed by atoms with Crippen LogP contribution in [0.15, 0.2) is 77.7 Å². The fourth-order valence-corrected chi connectivity index (χ4v) is 6.79. The maximum absolute atomic E-state index is 13.7. The summed E-state index contributed by atoms with van der Waals surface area (Å²) in [6, 6.07) is 21.4. The molecule has 1 heterocycles. The van der Waals surface area contributed by atoms with Gasteiger partial charge < -0.3 is 4.90 Å². The standard InChI is InChI=1S/C29H34N4O3S2/c1-5-22-13-18-26-27(21-22)37-29(30-26)32(20-10-19-31(3)4)28(34)23-14-16-25(17-15-23)38(35,36)33(6-2)24-11-8-7-9-12-24/h7-9,11-18,21H,5-6,10,19-20H2,1-4H3. The molecule has 7 nitrogen and oxygen atoms in total. The summed E-state index contributed by atoms with van der Waals surface area (Å²) >= 11 is 1.51. The fourth-order valence-electron chi connectivity index (χ4n) is 4.26. The molecule has 1 amide bonds. The summed E-state index contributed by atoms with van der Waals surface area (Å²) in [5.74, 6) is -0.196. The Morgan fingerprint density at radius 3 is 2.26 bits per heavy atom. The number of sulfonamides is 1. The van der Waals surface area contributed by atoms with Crippen molar-refractivity contribution >= 4 is 48.3 Å². The van der Waals surface area contributed by atoms with Crippen molar-refractivity contribution in [3.63, 3.8) is 0 Å². The van der Waals surface area contributed by atoms with E-state index in [0.29, 0.717) is 29.5 Å². The lowest BCUT2D eigenvalue weighted by atomic mass is 10.2. The number of thiazole rings is 1. The molecule has 9 heteroatoms. The van der Waals surface area contributed by atoms with Crippen molar-refractivity contribution in [2.75, 3.05) is 42.9 Å². The Morgan fingerprint density at radius 1 is 0.921 bits per heavy atom. The fraction of sp³-hybridized carbons (Fsp3) is 0.310. The maximum atomic E-state index is 13.7. The monoisotopic (exact) mass is 550 g/mol. The molecule has 0 saturated carbocycles. The average molecular weight is 551 g/mol. The topological polar surface area (TPSA) is 73.8 Å². The quantitative estimate of drug-likeness (QED) is 0.241. The van der Waals surface area contributed by atoms with Crippen molar-refractivity contribution in [1.29, 1.82) is 0 Å². The summed E-state index contributed by atoms with van der Waals surface area (Å²) in [4.78, 5) is 22.4. The predicted octanol–water partition coefficient (Wildman–Crippen LogP) is 5.67. The molecule has 0 spiro atoms. The lowest BCUT2D eigenvalue weighted by Crippen LogP contribution is -2.33. The first-order chi connectivity index (χ1) is 18.2. The van der Waals surface area contributed by atoms with Crippen LogP contribution in [-0.2, 0) is 16.4 Å². The van der Waals surface area contributed by atoms with Gasteiger partial charge in [0.05, 0.1) is 20.8 Å². The Kier molecular flexibility index (Phi) is 8.81. The zero-order chi connectivity index (χ0) is 27.3. The van der Waals surface area contributed by atoms with Crippen molar-refractivity contribution < 1.29 is 13.2 Å². The van der Waals surface area contributed by atoms with Crippen LogP contribution in [-0.4, -0.2) is 57.9 Å². The van der Waals surface area contributed by atoms with Gasteiger partial charge in [-0.3, -0.25) is 14.0 Å². The van der Waals surface area contributed by atoms with Gasteiger partial charge in [-0.1, -0.05) is 42.5 Å². The molecule has 0 radical (unpaired) electrons. The van der Waals surface area contributed by atoms with Gasteiger partial charge in [0.15, 0.2) is 5.13 Å². The molecule has 0 N–H and O–H groups in total. The largest absolute Gasteiger partial charge is 0.309 e. The molecule has 200 valence electrons. The van der Waals surface area contributed by atoms with Gasteiger partial charge in [0.25, 0.3) is 15.9 Å². The highest BCUT2D eigenvalue weighted by molar-refractivity contribution is 7.92.